The van der Waals surface area contributed by atoms with E-state index in [0.717, 1.165) is 18.6 Å². The number of aromatic nitrogens is 1. The van der Waals surface area contributed by atoms with E-state index in [2.05, 4.69) is 12.1 Å². The fraction of sp³-hybridized carbons (Fsp3) is 0.357. The summed E-state index contributed by atoms with van der Waals surface area (Å²) >= 11 is 0. The average molecular weight is 246 g/mol. The predicted octanol–water partition coefficient (Wildman–Crippen LogP) is 2.53. The molecule has 0 fully saturated rings. The summed E-state index contributed by atoms with van der Waals surface area (Å²) in [5, 5.41) is 3.62. The Labute approximate surface area is 107 Å². The third-order valence-corrected chi connectivity index (χ3v) is 2.82. The second-order valence-corrected chi connectivity index (χ2v) is 4.28. The Morgan fingerprint density at radius 1 is 1.28 bits per heavy atom. The largest absolute Gasteiger partial charge is 0.486 e. The van der Waals surface area contributed by atoms with Crippen molar-refractivity contribution in [2.24, 2.45) is 5.73 Å². The van der Waals surface area contributed by atoms with Crippen molar-refractivity contribution in [3.05, 3.63) is 47.9 Å². The Morgan fingerprint density at radius 2 is 2.06 bits per heavy atom. The zero-order valence-electron chi connectivity index (χ0n) is 10.5. The SMILES string of the molecule is CCC(N)Cc1ccc(OCc2ccno2)cc1. The average Bonchev–Trinajstić information content (AvgIpc) is 2.91. The van der Waals surface area contributed by atoms with Gasteiger partial charge in [-0.3, -0.25) is 0 Å². The Bertz CT molecular complexity index is 451. The molecule has 2 rings (SSSR count). The Kier molecular flexibility index (Phi) is 4.36. The van der Waals surface area contributed by atoms with E-state index in [1.807, 2.05) is 24.3 Å². The maximum Gasteiger partial charge on any atom is 0.174 e. The molecule has 2 N–H and O–H groups in total. The number of benzene rings is 1. The fourth-order valence-corrected chi connectivity index (χ4v) is 1.64. The molecule has 0 aliphatic rings. The Balaban J connectivity index is 1.87. The number of hydrogen-bond donors (Lipinski definition) is 1. The Morgan fingerprint density at radius 3 is 2.67 bits per heavy atom. The lowest BCUT2D eigenvalue weighted by atomic mass is 10.0. The fourth-order valence-electron chi connectivity index (χ4n) is 1.64. The van der Waals surface area contributed by atoms with Crippen LogP contribution in [0, 0.1) is 0 Å². The molecular weight excluding hydrogens is 228 g/mol. The summed E-state index contributed by atoms with van der Waals surface area (Å²) < 4.78 is 10.5. The summed E-state index contributed by atoms with van der Waals surface area (Å²) in [5.74, 6) is 1.53. The van der Waals surface area contributed by atoms with Crippen molar-refractivity contribution in [2.45, 2.75) is 32.4 Å². The van der Waals surface area contributed by atoms with Crippen LogP contribution in [0.1, 0.15) is 24.7 Å². The molecule has 0 radical (unpaired) electrons. The maximum absolute atomic E-state index is 5.92. The molecule has 0 bridgehead atoms. The highest BCUT2D eigenvalue weighted by Crippen LogP contribution is 2.15. The van der Waals surface area contributed by atoms with Gasteiger partial charge in [-0.15, -0.1) is 0 Å². The molecule has 1 unspecified atom stereocenters. The minimum Gasteiger partial charge on any atom is -0.486 e. The van der Waals surface area contributed by atoms with Crippen LogP contribution in [0.5, 0.6) is 5.75 Å². The number of hydrogen-bond acceptors (Lipinski definition) is 4. The zero-order chi connectivity index (χ0) is 12.8. The third kappa shape index (κ3) is 3.60. The van der Waals surface area contributed by atoms with E-state index in [1.54, 1.807) is 12.3 Å². The second kappa shape index (κ2) is 6.21. The van der Waals surface area contributed by atoms with Crippen LogP contribution in [-0.2, 0) is 13.0 Å². The van der Waals surface area contributed by atoms with Crippen LogP contribution in [0.4, 0.5) is 0 Å². The van der Waals surface area contributed by atoms with Gasteiger partial charge in [0, 0.05) is 12.1 Å². The highest BCUT2D eigenvalue weighted by Gasteiger charge is 2.02. The molecule has 4 nitrogen and oxygen atoms in total. The van der Waals surface area contributed by atoms with Gasteiger partial charge in [0.25, 0.3) is 0 Å². The number of nitrogens with two attached hydrogens (primary N) is 1. The number of rotatable bonds is 6. The van der Waals surface area contributed by atoms with Gasteiger partial charge < -0.3 is 15.0 Å². The van der Waals surface area contributed by atoms with E-state index in [-0.39, 0.29) is 6.04 Å². The van der Waals surface area contributed by atoms with Crippen molar-refractivity contribution in [3.63, 3.8) is 0 Å². The topological polar surface area (TPSA) is 61.3 Å². The lowest BCUT2D eigenvalue weighted by Crippen LogP contribution is -2.21. The quantitative estimate of drug-likeness (QED) is 0.850. The van der Waals surface area contributed by atoms with Gasteiger partial charge in [-0.05, 0) is 30.5 Å². The van der Waals surface area contributed by atoms with E-state index in [1.165, 1.54) is 5.56 Å². The minimum atomic E-state index is 0.228. The highest BCUT2D eigenvalue weighted by atomic mass is 16.5. The van der Waals surface area contributed by atoms with Crippen LogP contribution in [0.3, 0.4) is 0 Å². The zero-order valence-corrected chi connectivity index (χ0v) is 10.5. The molecule has 0 aliphatic carbocycles. The van der Waals surface area contributed by atoms with Gasteiger partial charge in [0.15, 0.2) is 5.76 Å². The van der Waals surface area contributed by atoms with Crippen molar-refractivity contribution >= 4 is 0 Å². The summed E-state index contributed by atoms with van der Waals surface area (Å²) in [7, 11) is 0. The minimum absolute atomic E-state index is 0.228. The lowest BCUT2D eigenvalue weighted by molar-refractivity contribution is 0.249. The van der Waals surface area contributed by atoms with Crippen LogP contribution < -0.4 is 10.5 Å². The molecule has 2 aromatic rings. The molecule has 18 heavy (non-hydrogen) atoms. The monoisotopic (exact) mass is 246 g/mol. The molecule has 1 aromatic carbocycles. The molecule has 4 heteroatoms. The summed E-state index contributed by atoms with van der Waals surface area (Å²) in [5.41, 5.74) is 7.15. The molecule has 0 amide bonds. The molecule has 0 aliphatic heterocycles. The van der Waals surface area contributed by atoms with Gasteiger partial charge in [0.1, 0.15) is 12.4 Å². The molecule has 1 atom stereocenters. The van der Waals surface area contributed by atoms with Crippen molar-refractivity contribution in [1.82, 2.24) is 5.16 Å². The van der Waals surface area contributed by atoms with Crippen molar-refractivity contribution in [1.29, 1.82) is 0 Å². The predicted molar refractivity (Wildman–Crippen MR) is 69.2 cm³/mol. The van der Waals surface area contributed by atoms with Crippen LogP contribution in [0.15, 0.2) is 41.1 Å². The first kappa shape index (κ1) is 12.6. The van der Waals surface area contributed by atoms with Crippen LogP contribution in [-0.4, -0.2) is 11.2 Å². The maximum atomic E-state index is 5.92. The van der Waals surface area contributed by atoms with Gasteiger partial charge >= 0.3 is 0 Å². The van der Waals surface area contributed by atoms with Crippen molar-refractivity contribution in [3.8, 4) is 5.75 Å². The molecule has 1 heterocycles. The smallest absolute Gasteiger partial charge is 0.174 e. The number of ether oxygens (including phenoxy) is 1. The number of nitrogens with zero attached hydrogens (tertiary/aromatic N) is 1. The molecular formula is C14H18N2O2. The summed E-state index contributed by atoms with van der Waals surface area (Å²) in [6, 6.07) is 10.0. The van der Waals surface area contributed by atoms with Crippen molar-refractivity contribution < 1.29 is 9.26 Å². The van der Waals surface area contributed by atoms with Crippen LogP contribution in [0.2, 0.25) is 0 Å². The van der Waals surface area contributed by atoms with Gasteiger partial charge in [-0.2, -0.15) is 0 Å². The first-order valence-electron chi connectivity index (χ1n) is 6.15. The van der Waals surface area contributed by atoms with E-state index in [9.17, 15) is 0 Å². The summed E-state index contributed by atoms with van der Waals surface area (Å²) in [4.78, 5) is 0. The van der Waals surface area contributed by atoms with E-state index < -0.39 is 0 Å². The van der Waals surface area contributed by atoms with E-state index >= 15 is 0 Å². The first-order valence-corrected chi connectivity index (χ1v) is 6.15. The van der Waals surface area contributed by atoms with Crippen LogP contribution in [0.25, 0.3) is 0 Å². The Hall–Kier alpha value is -1.81. The second-order valence-electron chi connectivity index (χ2n) is 4.28. The molecule has 1 aromatic heterocycles. The van der Waals surface area contributed by atoms with Gasteiger partial charge in [0.05, 0.1) is 6.20 Å². The van der Waals surface area contributed by atoms with Crippen LogP contribution >= 0.6 is 0 Å². The summed E-state index contributed by atoms with van der Waals surface area (Å²) in [6.07, 6.45) is 3.50. The van der Waals surface area contributed by atoms with Crippen molar-refractivity contribution in [2.75, 3.05) is 0 Å². The molecule has 0 saturated carbocycles. The van der Waals surface area contributed by atoms with E-state index in [0.29, 0.717) is 12.4 Å². The molecule has 0 saturated heterocycles. The molecule has 96 valence electrons. The third-order valence-electron chi connectivity index (χ3n) is 2.82. The van der Waals surface area contributed by atoms with Gasteiger partial charge in [-0.25, -0.2) is 0 Å². The first-order chi connectivity index (χ1) is 8.78. The van der Waals surface area contributed by atoms with Gasteiger partial charge in [-0.1, -0.05) is 24.2 Å². The normalized spacial score (nSPS) is 12.3. The van der Waals surface area contributed by atoms with E-state index in [4.69, 9.17) is 15.0 Å². The summed E-state index contributed by atoms with van der Waals surface area (Å²) in [6.45, 7) is 2.49. The molecule has 0 spiro atoms. The standard InChI is InChI=1S/C14H18N2O2/c1-2-12(15)9-11-3-5-13(6-4-11)17-10-14-7-8-16-18-14/h3-8,12H,2,9-10,15H2,1H3. The highest BCUT2D eigenvalue weighted by molar-refractivity contribution is 5.27. The van der Waals surface area contributed by atoms with Gasteiger partial charge in [0.2, 0.25) is 0 Å². The lowest BCUT2D eigenvalue weighted by Gasteiger charge is -2.09.